The molecule has 0 aliphatic carbocycles. The molecule has 0 atom stereocenters. The fraction of sp³-hybridized carbons (Fsp3) is 0.409. The van der Waals surface area contributed by atoms with E-state index in [9.17, 15) is 9.59 Å². The number of carbonyl (C=O) groups is 2. The van der Waals surface area contributed by atoms with Crippen molar-refractivity contribution in [2.24, 2.45) is 0 Å². The Hall–Kier alpha value is -2.73. The number of piperazine rings is 1. The van der Waals surface area contributed by atoms with Gasteiger partial charge in [0.2, 0.25) is 0 Å². The van der Waals surface area contributed by atoms with Gasteiger partial charge in [-0.25, -0.2) is 0 Å². The molecule has 1 aromatic carbocycles. The van der Waals surface area contributed by atoms with Gasteiger partial charge < -0.3 is 15.1 Å². The quantitative estimate of drug-likeness (QED) is 0.865. The molecule has 0 spiro atoms. The summed E-state index contributed by atoms with van der Waals surface area (Å²) in [6, 6.07) is 9.42. The maximum Gasteiger partial charge on any atom is 0.257 e. The fourth-order valence-corrected chi connectivity index (χ4v) is 3.29. The molecule has 1 aliphatic heterocycles. The molecule has 2 aromatic rings. The average molecular weight is 380 g/mol. The van der Waals surface area contributed by atoms with Crippen molar-refractivity contribution in [2.45, 2.75) is 26.7 Å². The maximum absolute atomic E-state index is 12.8. The molecule has 148 valence electrons. The molecule has 1 saturated heterocycles. The second-order valence-electron chi connectivity index (χ2n) is 7.42. The molecule has 1 aliphatic rings. The second kappa shape index (κ2) is 8.97. The summed E-state index contributed by atoms with van der Waals surface area (Å²) in [5.74, 6) is 0.102. The van der Waals surface area contributed by atoms with E-state index in [2.05, 4.69) is 36.0 Å². The predicted molar refractivity (Wildman–Crippen MR) is 111 cm³/mol. The molecule has 6 nitrogen and oxygen atoms in total. The Morgan fingerprint density at radius 2 is 1.68 bits per heavy atom. The van der Waals surface area contributed by atoms with Gasteiger partial charge in [0, 0.05) is 44.3 Å². The van der Waals surface area contributed by atoms with Crippen molar-refractivity contribution >= 4 is 17.5 Å². The van der Waals surface area contributed by atoms with Gasteiger partial charge in [0.05, 0.1) is 11.1 Å². The Labute approximate surface area is 166 Å². The van der Waals surface area contributed by atoms with Gasteiger partial charge in [-0.1, -0.05) is 32.9 Å². The summed E-state index contributed by atoms with van der Waals surface area (Å²) in [5, 5.41) is 2.87. The van der Waals surface area contributed by atoms with Gasteiger partial charge in [-0.2, -0.15) is 0 Å². The van der Waals surface area contributed by atoms with E-state index in [1.54, 1.807) is 6.07 Å². The smallest absolute Gasteiger partial charge is 0.257 e. The summed E-state index contributed by atoms with van der Waals surface area (Å²) in [5.41, 5.74) is 2.77. The van der Waals surface area contributed by atoms with Crippen molar-refractivity contribution in [3.05, 3.63) is 59.4 Å². The summed E-state index contributed by atoms with van der Waals surface area (Å²) >= 11 is 0. The first-order valence-corrected chi connectivity index (χ1v) is 9.86. The Morgan fingerprint density at radius 3 is 2.29 bits per heavy atom. The first kappa shape index (κ1) is 20.0. The molecule has 1 N–H and O–H groups in total. The SMILES string of the molecule is CCN1CCN(C(=O)c2cncc(C(=O)Nc3ccc(C(C)C)cc3)c2)CC1. The zero-order valence-electron chi connectivity index (χ0n) is 16.8. The van der Waals surface area contributed by atoms with E-state index in [0.717, 1.165) is 25.3 Å². The first-order chi connectivity index (χ1) is 13.5. The van der Waals surface area contributed by atoms with Gasteiger partial charge in [-0.05, 0) is 36.2 Å². The van der Waals surface area contributed by atoms with E-state index in [1.807, 2.05) is 29.2 Å². The Bertz CT molecular complexity index is 825. The predicted octanol–water partition coefficient (Wildman–Crippen LogP) is 3.24. The second-order valence-corrected chi connectivity index (χ2v) is 7.42. The third kappa shape index (κ3) is 4.75. The lowest BCUT2D eigenvalue weighted by Crippen LogP contribution is -2.48. The van der Waals surface area contributed by atoms with Gasteiger partial charge in [-0.15, -0.1) is 0 Å². The van der Waals surface area contributed by atoms with Crippen molar-refractivity contribution in [1.82, 2.24) is 14.8 Å². The number of likely N-dealkylation sites (N-methyl/N-ethyl adjacent to an activating group) is 1. The Morgan fingerprint density at radius 1 is 1.04 bits per heavy atom. The van der Waals surface area contributed by atoms with E-state index in [-0.39, 0.29) is 11.8 Å². The fourth-order valence-electron chi connectivity index (χ4n) is 3.29. The van der Waals surface area contributed by atoms with Gasteiger partial charge in [0.1, 0.15) is 0 Å². The highest BCUT2D eigenvalue weighted by Crippen LogP contribution is 2.18. The van der Waals surface area contributed by atoms with Gasteiger partial charge >= 0.3 is 0 Å². The molecule has 0 saturated carbocycles. The highest BCUT2D eigenvalue weighted by Gasteiger charge is 2.22. The third-order valence-corrected chi connectivity index (χ3v) is 5.19. The number of nitrogens with one attached hydrogen (secondary N) is 1. The van der Waals surface area contributed by atoms with Crippen LogP contribution in [0.5, 0.6) is 0 Å². The Balaban J connectivity index is 1.66. The zero-order valence-corrected chi connectivity index (χ0v) is 16.8. The molecule has 3 rings (SSSR count). The molecular weight excluding hydrogens is 352 g/mol. The van der Waals surface area contributed by atoms with Gasteiger partial charge in [0.25, 0.3) is 11.8 Å². The normalized spacial score (nSPS) is 14.9. The molecule has 0 bridgehead atoms. The van der Waals surface area contributed by atoms with E-state index in [4.69, 9.17) is 0 Å². The number of carbonyl (C=O) groups excluding carboxylic acids is 2. The first-order valence-electron chi connectivity index (χ1n) is 9.86. The number of hydrogen-bond acceptors (Lipinski definition) is 4. The minimum atomic E-state index is -0.268. The number of aromatic nitrogens is 1. The van der Waals surface area contributed by atoms with E-state index in [0.29, 0.717) is 30.1 Å². The monoisotopic (exact) mass is 380 g/mol. The average Bonchev–Trinajstić information content (AvgIpc) is 2.73. The lowest BCUT2D eigenvalue weighted by molar-refractivity contribution is 0.0643. The van der Waals surface area contributed by atoms with E-state index < -0.39 is 0 Å². The minimum Gasteiger partial charge on any atom is -0.336 e. The lowest BCUT2D eigenvalue weighted by atomic mass is 10.0. The van der Waals surface area contributed by atoms with Gasteiger partial charge in [-0.3, -0.25) is 14.6 Å². The number of benzene rings is 1. The van der Waals surface area contributed by atoms with Crippen molar-refractivity contribution in [2.75, 3.05) is 38.0 Å². The van der Waals surface area contributed by atoms with Crippen LogP contribution in [-0.2, 0) is 0 Å². The molecule has 2 amide bonds. The van der Waals surface area contributed by atoms with Crippen LogP contribution in [0.15, 0.2) is 42.7 Å². The number of pyridine rings is 1. The van der Waals surface area contributed by atoms with Gasteiger partial charge in [0.15, 0.2) is 0 Å². The highest BCUT2D eigenvalue weighted by atomic mass is 16.2. The van der Waals surface area contributed by atoms with Crippen LogP contribution < -0.4 is 5.32 Å². The number of rotatable bonds is 5. The largest absolute Gasteiger partial charge is 0.336 e. The lowest BCUT2D eigenvalue weighted by Gasteiger charge is -2.34. The van der Waals surface area contributed by atoms with Crippen LogP contribution in [0, 0.1) is 0 Å². The van der Waals surface area contributed by atoms with Crippen molar-refractivity contribution in [3.8, 4) is 0 Å². The standard InChI is InChI=1S/C22H28N4O2/c1-4-25-9-11-26(12-10-25)22(28)19-13-18(14-23-15-19)21(27)24-20-7-5-17(6-8-20)16(2)3/h5-8,13-16H,4,9-12H2,1-3H3,(H,24,27). The summed E-state index contributed by atoms with van der Waals surface area (Å²) in [6.07, 6.45) is 3.02. The van der Waals surface area contributed by atoms with E-state index in [1.165, 1.54) is 18.0 Å². The molecular formula is C22H28N4O2. The zero-order chi connectivity index (χ0) is 20.1. The number of hydrogen-bond donors (Lipinski definition) is 1. The van der Waals surface area contributed by atoms with Crippen molar-refractivity contribution in [1.29, 1.82) is 0 Å². The molecule has 1 fully saturated rings. The molecule has 6 heteroatoms. The summed E-state index contributed by atoms with van der Waals surface area (Å²) in [7, 11) is 0. The van der Waals surface area contributed by atoms with Crippen LogP contribution in [0.4, 0.5) is 5.69 Å². The Kier molecular flexibility index (Phi) is 6.41. The van der Waals surface area contributed by atoms with Crippen LogP contribution >= 0.6 is 0 Å². The summed E-state index contributed by atoms with van der Waals surface area (Å²) in [6.45, 7) is 10.5. The summed E-state index contributed by atoms with van der Waals surface area (Å²) in [4.78, 5) is 33.6. The molecule has 1 aromatic heterocycles. The molecule has 28 heavy (non-hydrogen) atoms. The molecule has 2 heterocycles. The number of anilines is 1. The number of nitrogens with zero attached hydrogens (tertiary/aromatic N) is 3. The van der Waals surface area contributed by atoms with Crippen molar-refractivity contribution < 1.29 is 9.59 Å². The number of amides is 2. The van der Waals surface area contributed by atoms with Crippen LogP contribution in [0.2, 0.25) is 0 Å². The molecule has 0 radical (unpaired) electrons. The highest BCUT2D eigenvalue weighted by molar-refractivity contribution is 6.05. The minimum absolute atomic E-state index is 0.0702. The van der Waals surface area contributed by atoms with Crippen LogP contribution in [0.25, 0.3) is 0 Å². The van der Waals surface area contributed by atoms with E-state index >= 15 is 0 Å². The van der Waals surface area contributed by atoms with Crippen LogP contribution in [0.3, 0.4) is 0 Å². The topological polar surface area (TPSA) is 65.5 Å². The van der Waals surface area contributed by atoms with Crippen LogP contribution in [0.1, 0.15) is 53.0 Å². The van der Waals surface area contributed by atoms with Crippen molar-refractivity contribution in [3.63, 3.8) is 0 Å². The maximum atomic E-state index is 12.8. The van der Waals surface area contributed by atoms with Crippen LogP contribution in [-0.4, -0.2) is 59.3 Å². The molecule has 0 unspecified atom stereocenters. The third-order valence-electron chi connectivity index (χ3n) is 5.19. The summed E-state index contributed by atoms with van der Waals surface area (Å²) < 4.78 is 0.